The third-order valence-electron chi connectivity index (χ3n) is 6.65. The van der Waals surface area contributed by atoms with Crippen LogP contribution in [0.1, 0.15) is 57.3 Å². The first-order chi connectivity index (χ1) is 16.2. The number of amides is 1. The fraction of sp³-hybridized carbons (Fsp3) is 0.385. The van der Waals surface area contributed by atoms with Gasteiger partial charge >= 0.3 is 6.09 Å². The van der Waals surface area contributed by atoms with Crippen molar-refractivity contribution in [3.8, 4) is 0 Å². The minimum Gasteiger partial charge on any atom is -0.465 e. The number of carbonyl (C=O) groups is 1. The van der Waals surface area contributed by atoms with Crippen LogP contribution < -0.4 is 10.9 Å². The maximum atomic E-state index is 12.6. The molecule has 0 bridgehead atoms. The molecule has 0 radical (unpaired) electrons. The zero-order chi connectivity index (χ0) is 24.4. The van der Waals surface area contributed by atoms with Gasteiger partial charge in [0.05, 0.1) is 6.04 Å². The number of pyridine rings is 1. The Bertz CT molecular complexity index is 1280. The van der Waals surface area contributed by atoms with Crippen molar-refractivity contribution in [2.45, 2.75) is 46.2 Å². The smallest absolute Gasteiger partial charge is 0.407 e. The summed E-state index contributed by atoms with van der Waals surface area (Å²) in [5.74, 6) is 0.765. The molecule has 1 amide bonds. The molecule has 8 nitrogen and oxygen atoms in total. The third kappa shape index (κ3) is 4.81. The van der Waals surface area contributed by atoms with Crippen LogP contribution in [0.25, 0.3) is 16.6 Å². The molecule has 0 saturated carbocycles. The molecule has 34 heavy (non-hydrogen) atoms. The molecule has 8 heteroatoms. The second-order valence-corrected chi connectivity index (χ2v) is 9.19. The zero-order valence-electron chi connectivity index (χ0n) is 20.0. The molecule has 2 aromatic heterocycles. The quantitative estimate of drug-likeness (QED) is 0.539. The number of rotatable bonds is 6. The van der Waals surface area contributed by atoms with Crippen molar-refractivity contribution >= 4 is 28.6 Å². The van der Waals surface area contributed by atoms with Crippen molar-refractivity contribution in [2.75, 3.05) is 18.4 Å². The van der Waals surface area contributed by atoms with Gasteiger partial charge in [0.1, 0.15) is 5.65 Å². The number of fused-ring (bicyclic) bond motifs is 1. The summed E-state index contributed by atoms with van der Waals surface area (Å²) in [6.07, 6.45) is 3.56. The summed E-state index contributed by atoms with van der Waals surface area (Å²) in [4.78, 5) is 34.3. The first kappa shape index (κ1) is 23.5. The lowest BCUT2D eigenvalue weighted by Crippen LogP contribution is -2.33. The number of nitrogens with zero attached hydrogens (tertiary/aromatic N) is 4. The number of nitrogens with one attached hydrogen (secondary N) is 1. The van der Waals surface area contributed by atoms with Gasteiger partial charge in [-0.1, -0.05) is 44.2 Å². The summed E-state index contributed by atoms with van der Waals surface area (Å²) in [5, 5.41) is 13.3. The van der Waals surface area contributed by atoms with Gasteiger partial charge in [-0.15, -0.1) is 0 Å². The molecule has 0 spiro atoms. The van der Waals surface area contributed by atoms with Gasteiger partial charge in [-0.25, -0.2) is 9.78 Å². The molecule has 1 aliphatic heterocycles. The van der Waals surface area contributed by atoms with Gasteiger partial charge in [-0.3, -0.25) is 9.36 Å². The van der Waals surface area contributed by atoms with Crippen molar-refractivity contribution in [1.82, 2.24) is 19.4 Å². The van der Waals surface area contributed by atoms with Crippen LogP contribution in [0.4, 0.5) is 10.7 Å². The number of carboxylic acid groups (broad SMARTS) is 1. The first-order valence-corrected chi connectivity index (χ1v) is 11.7. The Labute approximate surface area is 199 Å². The van der Waals surface area contributed by atoms with Crippen molar-refractivity contribution in [3.63, 3.8) is 0 Å². The molecule has 1 aliphatic rings. The lowest BCUT2D eigenvalue weighted by molar-refractivity contribution is 0.150. The van der Waals surface area contributed by atoms with Crippen molar-refractivity contribution in [2.24, 2.45) is 5.92 Å². The molecule has 3 heterocycles. The molecule has 0 aliphatic carbocycles. The Kier molecular flexibility index (Phi) is 6.68. The van der Waals surface area contributed by atoms with Crippen LogP contribution in [0, 0.1) is 5.92 Å². The fourth-order valence-electron chi connectivity index (χ4n) is 4.17. The fourth-order valence-corrected chi connectivity index (χ4v) is 4.17. The van der Waals surface area contributed by atoms with Gasteiger partial charge in [0.2, 0.25) is 5.95 Å². The molecule has 178 valence electrons. The average Bonchev–Trinajstić information content (AvgIpc) is 2.83. The van der Waals surface area contributed by atoms with E-state index in [1.165, 1.54) is 10.5 Å². The second-order valence-electron chi connectivity index (χ2n) is 9.19. The Balaban J connectivity index is 1.53. The summed E-state index contributed by atoms with van der Waals surface area (Å²) in [5.41, 5.74) is 3.92. The van der Waals surface area contributed by atoms with Gasteiger partial charge < -0.3 is 15.3 Å². The maximum Gasteiger partial charge on any atom is 0.407 e. The van der Waals surface area contributed by atoms with Crippen LogP contribution in [-0.4, -0.2) is 43.7 Å². The van der Waals surface area contributed by atoms with E-state index >= 15 is 0 Å². The molecule has 2 N–H and O–H groups in total. The normalized spacial score (nSPS) is 15.8. The Morgan fingerprint density at radius 3 is 2.44 bits per heavy atom. The minimum absolute atomic E-state index is 0.0144. The summed E-state index contributed by atoms with van der Waals surface area (Å²) in [7, 11) is 0. The molecule has 4 rings (SSSR count). The highest BCUT2D eigenvalue weighted by Gasteiger charge is 2.18. The van der Waals surface area contributed by atoms with E-state index < -0.39 is 6.09 Å². The van der Waals surface area contributed by atoms with Gasteiger partial charge in [0.15, 0.2) is 0 Å². The predicted molar refractivity (Wildman–Crippen MR) is 134 cm³/mol. The number of aromatic nitrogens is 3. The van der Waals surface area contributed by atoms with E-state index in [0.29, 0.717) is 37.0 Å². The van der Waals surface area contributed by atoms with Crippen LogP contribution in [0.2, 0.25) is 0 Å². The van der Waals surface area contributed by atoms with Gasteiger partial charge in [-0.05, 0) is 49.0 Å². The Morgan fingerprint density at radius 1 is 1.09 bits per heavy atom. The second kappa shape index (κ2) is 9.67. The highest BCUT2D eigenvalue weighted by atomic mass is 16.4. The zero-order valence-corrected chi connectivity index (χ0v) is 20.0. The van der Waals surface area contributed by atoms with E-state index in [0.717, 1.165) is 16.5 Å². The van der Waals surface area contributed by atoms with Crippen molar-refractivity contribution in [1.29, 1.82) is 0 Å². The molecular formula is C26H31N5O3. The van der Waals surface area contributed by atoms with E-state index in [2.05, 4.69) is 48.4 Å². The summed E-state index contributed by atoms with van der Waals surface area (Å²) in [6.45, 7) is 9.19. The molecule has 0 saturated heterocycles. The Morgan fingerprint density at radius 2 is 1.82 bits per heavy atom. The van der Waals surface area contributed by atoms with Gasteiger partial charge in [0.25, 0.3) is 5.56 Å². The highest BCUT2D eigenvalue weighted by Crippen LogP contribution is 2.26. The lowest BCUT2D eigenvalue weighted by Gasteiger charge is -2.24. The molecule has 2 unspecified atom stereocenters. The third-order valence-corrected chi connectivity index (χ3v) is 6.65. The van der Waals surface area contributed by atoms with Crippen LogP contribution >= 0.6 is 0 Å². The number of hydrogen-bond acceptors (Lipinski definition) is 5. The van der Waals surface area contributed by atoms with E-state index in [1.807, 2.05) is 19.9 Å². The largest absolute Gasteiger partial charge is 0.465 e. The predicted octanol–water partition coefficient (Wildman–Crippen LogP) is 4.95. The molecule has 1 aromatic carbocycles. The highest BCUT2D eigenvalue weighted by molar-refractivity contribution is 5.75. The van der Waals surface area contributed by atoms with Crippen LogP contribution in [-0.2, 0) is 0 Å². The maximum absolute atomic E-state index is 12.6. The van der Waals surface area contributed by atoms with Gasteiger partial charge in [0, 0.05) is 36.8 Å². The molecule has 0 fully saturated rings. The minimum atomic E-state index is -0.878. The summed E-state index contributed by atoms with van der Waals surface area (Å²) < 4.78 is 1.75. The SMILES string of the molecule is CC(Nc1ncc2ccc(=O)n(C(C)C(C)C)c2n1)c1ccc(C2=CCN(C(=O)O)CC2)cc1. The standard InChI is InChI=1S/C26H31N5O3/c1-16(2)18(4)31-23(32)10-9-22-15-27-25(29-24(22)31)28-17(3)19-5-7-20(8-6-19)21-11-13-30(14-12-21)26(33)34/h5-11,15-18H,12-14H2,1-4H3,(H,33,34)(H,27,28,29). The van der Waals surface area contributed by atoms with Crippen molar-refractivity contribution < 1.29 is 9.90 Å². The monoisotopic (exact) mass is 461 g/mol. The average molecular weight is 462 g/mol. The number of anilines is 1. The topological polar surface area (TPSA) is 100 Å². The van der Waals surface area contributed by atoms with Crippen LogP contribution in [0.5, 0.6) is 0 Å². The van der Waals surface area contributed by atoms with E-state index in [1.54, 1.807) is 22.9 Å². The lowest BCUT2D eigenvalue weighted by atomic mass is 9.97. The molecule has 2 atom stereocenters. The van der Waals surface area contributed by atoms with E-state index in [-0.39, 0.29) is 17.6 Å². The van der Waals surface area contributed by atoms with Crippen LogP contribution in [0.3, 0.4) is 0 Å². The Hall–Kier alpha value is -3.68. The van der Waals surface area contributed by atoms with E-state index in [9.17, 15) is 9.59 Å². The molecular weight excluding hydrogens is 430 g/mol. The first-order valence-electron chi connectivity index (χ1n) is 11.7. The van der Waals surface area contributed by atoms with Crippen LogP contribution in [0.15, 0.2) is 53.5 Å². The van der Waals surface area contributed by atoms with E-state index in [4.69, 9.17) is 10.1 Å². The number of hydrogen-bond donors (Lipinski definition) is 2. The summed E-state index contributed by atoms with van der Waals surface area (Å²) >= 11 is 0. The van der Waals surface area contributed by atoms with Gasteiger partial charge in [-0.2, -0.15) is 4.98 Å². The molecule has 3 aromatic rings. The number of benzene rings is 1. The summed E-state index contributed by atoms with van der Waals surface area (Å²) in [6, 6.07) is 11.6. The van der Waals surface area contributed by atoms with Crippen molar-refractivity contribution in [3.05, 3.63) is 70.2 Å².